The third kappa shape index (κ3) is 3.24. The fourth-order valence-corrected chi connectivity index (χ4v) is 2.30. The lowest BCUT2D eigenvalue weighted by Crippen LogP contribution is -2.13. The molecule has 0 atom stereocenters. The van der Waals surface area contributed by atoms with Crippen LogP contribution in [0.1, 0.15) is 16.2 Å². The van der Waals surface area contributed by atoms with Gasteiger partial charge in [-0.25, -0.2) is 9.07 Å². The number of amides is 1. The Labute approximate surface area is 137 Å². The fourth-order valence-electron chi connectivity index (χ4n) is 2.19. The van der Waals surface area contributed by atoms with Crippen LogP contribution in [-0.4, -0.2) is 15.7 Å². The maximum atomic E-state index is 13.4. The number of hydrogen-bond acceptors (Lipinski definition) is 2. The quantitative estimate of drug-likeness (QED) is 0.781. The minimum absolute atomic E-state index is 0.00667. The maximum absolute atomic E-state index is 13.4. The Balaban J connectivity index is 1.84. The van der Waals surface area contributed by atoms with E-state index in [0.717, 1.165) is 11.4 Å². The fraction of sp³-hybridized carbons (Fsp3) is 0.0588. The van der Waals surface area contributed by atoms with Gasteiger partial charge in [0.2, 0.25) is 0 Å². The second-order valence-electron chi connectivity index (χ2n) is 5.00. The third-order valence-electron chi connectivity index (χ3n) is 3.30. The molecule has 1 aromatic heterocycles. The zero-order chi connectivity index (χ0) is 16.4. The summed E-state index contributed by atoms with van der Waals surface area (Å²) in [7, 11) is 0. The molecule has 1 heterocycles. The van der Waals surface area contributed by atoms with Crippen molar-refractivity contribution in [3.05, 3.63) is 76.8 Å². The Morgan fingerprint density at radius 2 is 1.91 bits per heavy atom. The van der Waals surface area contributed by atoms with Gasteiger partial charge >= 0.3 is 0 Å². The summed E-state index contributed by atoms with van der Waals surface area (Å²) in [4.78, 5) is 12.3. The van der Waals surface area contributed by atoms with E-state index >= 15 is 0 Å². The highest BCUT2D eigenvalue weighted by molar-refractivity contribution is 6.30. The van der Waals surface area contributed by atoms with E-state index in [1.54, 1.807) is 10.7 Å². The van der Waals surface area contributed by atoms with E-state index in [2.05, 4.69) is 10.4 Å². The molecule has 23 heavy (non-hydrogen) atoms. The largest absolute Gasteiger partial charge is 0.320 e. The zero-order valence-corrected chi connectivity index (χ0v) is 13.0. The van der Waals surface area contributed by atoms with Gasteiger partial charge in [0.25, 0.3) is 5.91 Å². The average Bonchev–Trinajstić information content (AvgIpc) is 2.94. The number of nitrogens with one attached hydrogen (secondary N) is 1. The lowest BCUT2D eigenvalue weighted by molar-refractivity contribution is 0.102. The summed E-state index contributed by atoms with van der Waals surface area (Å²) in [6.07, 6.45) is 0. The average molecular weight is 330 g/mol. The molecule has 0 bridgehead atoms. The van der Waals surface area contributed by atoms with Crippen molar-refractivity contribution in [1.29, 1.82) is 0 Å². The number of nitrogens with zero attached hydrogens (tertiary/aromatic N) is 2. The Kier molecular flexibility index (Phi) is 4.12. The van der Waals surface area contributed by atoms with Crippen molar-refractivity contribution >= 4 is 23.2 Å². The van der Waals surface area contributed by atoms with Gasteiger partial charge < -0.3 is 5.32 Å². The molecule has 0 aliphatic rings. The van der Waals surface area contributed by atoms with E-state index < -0.39 is 11.7 Å². The van der Waals surface area contributed by atoms with E-state index in [1.165, 1.54) is 18.2 Å². The van der Waals surface area contributed by atoms with Crippen LogP contribution in [0.2, 0.25) is 5.02 Å². The number of carbonyl (C=O) groups is 1. The van der Waals surface area contributed by atoms with E-state index in [-0.39, 0.29) is 10.7 Å². The van der Waals surface area contributed by atoms with Crippen LogP contribution in [0.4, 0.5) is 10.1 Å². The molecule has 3 aromatic rings. The van der Waals surface area contributed by atoms with Crippen LogP contribution in [0, 0.1) is 12.7 Å². The van der Waals surface area contributed by atoms with Crippen molar-refractivity contribution in [2.75, 3.05) is 5.32 Å². The van der Waals surface area contributed by atoms with Gasteiger partial charge in [-0.3, -0.25) is 4.79 Å². The molecule has 0 fully saturated rings. The monoisotopic (exact) mass is 329 g/mol. The van der Waals surface area contributed by atoms with Crippen molar-refractivity contribution in [2.24, 2.45) is 0 Å². The third-order valence-corrected chi connectivity index (χ3v) is 3.60. The van der Waals surface area contributed by atoms with Crippen LogP contribution in [0.15, 0.2) is 54.6 Å². The topological polar surface area (TPSA) is 46.9 Å². The van der Waals surface area contributed by atoms with Crippen molar-refractivity contribution < 1.29 is 9.18 Å². The molecule has 116 valence electrons. The van der Waals surface area contributed by atoms with Gasteiger partial charge in [0.1, 0.15) is 5.82 Å². The first-order valence-corrected chi connectivity index (χ1v) is 7.31. The summed E-state index contributed by atoms with van der Waals surface area (Å²) >= 11 is 5.62. The Hall–Kier alpha value is -2.66. The molecule has 0 unspecified atom stereocenters. The molecule has 0 saturated carbocycles. The molecule has 4 nitrogen and oxygen atoms in total. The number of carbonyl (C=O) groups excluding carboxylic acids is 1. The van der Waals surface area contributed by atoms with Gasteiger partial charge in [0.05, 0.1) is 10.7 Å². The number of para-hydroxylation sites is 1. The maximum Gasteiger partial charge on any atom is 0.276 e. The molecule has 0 aliphatic carbocycles. The number of halogens is 2. The second kappa shape index (κ2) is 6.22. The molecule has 0 spiro atoms. The summed E-state index contributed by atoms with van der Waals surface area (Å²) in [5.41, 5.74) is 2.26. The number of benzene rings is 2. The predicted octanol–water partition coefficient (Wildman–Crippen LogP) is 4.23. The van der Waals surface area contributed by atoms with E-state index in [1.807, 2.05) is 37.3 Å². The predicted molar refractivity (Wildman–Crippen MR) is 87.7 cm³/mol. The molecule has 6 heteroatoms. The van der Waals surface area contributed by atoms with Gasteiger partial charge in [-0.15, -0.1) is 0 Å². The zero-order valence-electron chi connectivity index (χ0n) is 12.3. The van der Waals surface area contributed by atoms with Crippen LogP contribution in [0.5, 0.6) is 0 Å². The molecule has 1 amide bonds. The lowest BCUT2D eigenvalue weighted by Gasteiger charge is -2.04. The Bertz CT molecular complexity index is 862. The van der Waals surface area contributed by atoms with E-state index in [0.29, 0.717) is 5.69 Å². The SMILES string of the molecule is Cc1cc(C(=O)Nc2ccc(Cl)c(F)c2)nn1-c1ccccc1. The molecule has 0 radical (unpaired) electrons. The minimum atomic E-state index is -0.588. The number of hydrogen-bond donors (Lipinski definition) is 1. The van der Waals surface area contributed by atoms with Crippen molar-refractivity contribution in [3.63, 3.8) is 0 Å². The number of rotatable bonds is 3. The van der Waals surface area contributed by atoms with Gasteiger partial charge in [-0.05, 0) is 43.3 Å². The molecule has 1 N–H and O–H groups in total. The Morgan fingerprint density at radius 1 is 1.17 bits per heavy atom. The van der Waals surface area contributed by atoms with Crippen LogP contribution in [-0.2, 0) is 0 Å². The summed E-state index contributed by atoms with van der Waals surface area (Å²) in [5, 5.41) is 6.91. The first-order valence-electron chi connectivity index (χ1n) is 6.93. The number of aromatic nitrogens is 2. The second-order valence-corrected chi connectivity index (χ2v) is 5.41. The van der Waals surface area contributed by atoms with Gasteiger partial charge in [-0.2, -0.15) is 5.10 Å². The molecule has 2 aromatic carbocycles. The van der Waals surface area contributed by atoms with Crippen LogP contribution in [0.25, 0.3) is 5.69 Å². The summed E-state index contributed by atoms with van der Waals surface area (Å²) in [5.74, 6) is -1.00. The molecular weight excluding hydrogens is 317 g/mol. The smallest absolute Gasteiger partial charge is 0.276 e. The number of aryl methyl sites for hydroxylation is 1. The highest BCUT2D eigenvalue weighted by Crippen LogP contribution is 2.19. The van der Waals surface area contributed by atoms with Gasteiger partial charge in [0.15, 0.2) is 5.69 Å². The molecule has 3 rings (SSSR count). The van der Waals surface area contributed by atoms with Crippen LogP contribution in [0.3, 0.4) is 0 Å². The van der Waals surface area contributed by atoms with Crippen molar-refractivity contribution in [3.8, 4) is 5.69 Å². The molecular formula is C17H13ClFN3O. The Morgan fingerprint density at radius 3 is 2.61 bits per heavy atom. The van der Waals surface area contributed by atoms with Gasteiger partial charge in [0, 0.05) is 11.4 Å². The standard InChI is InChI=1S/C17H13ClFN3O/c1-11-9-16(21-22(11)13-5-3-2-4-6-13)17(23)20-12-7-8-14(18)15(19)10-12/h2-10H,1H3,(H,20,23). The first kappa shape index (κ1) is 15.2. The minimum Gasteiger partial charge on any atom is -0.320 e. The van der Waals surface area contributed by atoms with E-state index in [9.17, 15) is 9.18 Å². The van der Waals surface area contributed by atoms with E-state index in [4.69, 9.17) is 11.6 Å². The first-order chi connectivity index (χ1) is 11.0. The molecule has 0 aliphatic heterocycles. The normalized spacial score (nSPS) is 10.6. The molecule has 0 saturated heterocycles. The number of anilines is 1. The summed E-state index contributed by atoms with van der Waals surface area (Å²) < 4.78 is 15.1. The van der Waals surface area contributed by atoms with Crippen molar-refractivity contribution in [1.82, 2.24) is 9.78 Å². The van der Waals surface area contributed by atoms with Crippen LogP contribution < -0.4 is 5.32 Å². The van der Waals surface area contributed by atoms with Crippen molar-refractivity contribution in [2.45, 2.75) is 6.92 Å². The van der Waals surface area contributed by atoms with Gasteiger partial charge in [-0.1, -0.05) is 29.8 Å². The highest BCUT2D eigenvalue weighted by Gasteiger charge is 2.14. The van der Waals surface area contributed by atoms with Crippen LogP contribution >= 0.6 is 11.6 Å². The summed E-state index contributed by atoms with van der Waals surface area (Å²) in [6, 6.07) is 15.3. The summed E-state index contributed by atoms with van der Waals surface area (Å²) in [6.45, 7) is 1.86. The highest BCUT2D eigenvalue weighted by atomic mass is 35.5. The lowest BCUT2D eigenvalue weighted by atomic mass is 10.3.